The van der Waals surface area contributed by atoms with Crippen molar-refractivity contribution in [3.05, 3.63) is 11.6 Å². The lowest BCUT2D eigenvalue weighted by Gasteiger charge is -2.68. The highest BCUT2D eigenvalue weighted by Crippen LogP contribution is 2.72. The summed E-state index contributed by atoms with van der Waals surface area (Å²) in [6, 6.07) is 0. The number of hydrogen-bond acceptors (Lipinski definition) is 12. The fourth-order valence-electron chi connectivity index (χ4n) is 13.2. The van der Waals surface area contributed by atoms with Gasteiger partial charge in [0.25, 0.3) is 0 Å². The van der Waals surface area contributed by atoms with Gasteiger partial charge in [-0.2, -0.15) is 0 Å². The van der Waals surface area contributed by atoms with Gasteiger partial charge in [-0.3, -0.25) is 4.79 Å². The van der Waals surface area contributed by atoms with Crippen LogP contribution in [0.25, 0.3) is 0 Å². The molecule has 0 amide bonds. The van der Waals surface area contributed by atoms with E-state index in [1.54, 1.807) is 6.92 Å². The number of carbonyl (C=O) groups excluding carboxylic acids is 1. The molecule has 53 heavy (non-hydrogen) atoms. The molecule has 12 heteroatoms. The number of allylic oxidation sites excluding steroid dienone is 2. The Morgan fingerprint density at radius 3 is 2.09 bits per heavy atom. The summed E-state index contributed by atoms with van der Waals surface area (Å²) in [5.74, 6) is 0.600. The van der Waals surface area contributed by atoms with E-state index >= 15 is 0 Å². The van der Waals surface area contributed by atoms with Crippen LogP contribution in [0.2, 0.25) is 0 Å². The molecule has 4 saturated carbocycles. The number of rotatable bonds is 5. The Kier molecular flexibility index (Phi) is 10.4. The minimum atomic E-state index is -1.64. The van der Waals surface area contributed by atoms with Crippen molar-refractivity contribution in [1.82, 2.24) is 0 Å². The van der Waals surface area contributed by atoms with Crippen molar-refractivity contribution in [1.29, 1.82) is 0 Å². The lowest BCUT2D eigenvalue weighted by molar-refractivity contribution is -0.324. The van der Waals surface area contributed by atoms with Gasteiger partial charge in [0, 0.05) is 0 Å². The molecule has 12 nitrogen and oxygen atoms in total. The third-order valence-corrected chi connectivity index (χ3v) is 16.4. The number of esters is 1. The van der Waals surface area contributed by atoms with Gasteiger partial charge in [0.05, 0.1) is 24.2 Å². The van der Waals surface area contributed by atoms with Crippen molar-refractivity contribution in [2.45, 2.75) is 180 Å². The molecule has 7 N–H and O–H groups in total. The predicted octanol–water partition coefficient (Wildman–Crippen LogP) is 2.95. The molecule has 6 fully saturated rings. The number of carbonyl (C=O) groups is 1. The first-order valence-corrected chi connectivity index (χ1v) is 20.3. The van der Waals surface area contributed by atoms with E-state index in [1.807, 2.05) is 0 Å². The maximum Gasteiger partial charge on any atom is 0.315 e. The number of aliphatic hydroxyl groups excluding tert-OH is 7. The summed E-state index contributed by atoms with van der Waals surface area (Å²) >= 11 is 0. The second-order valence-corrected chi connectivity index (χ2v) is 20.0. The van der Waals surface area contributed by atoms with Crippen LogP contribution in [-0.4, -0.2) is 116 Å². The van der Waals surface area contributed by atoms with Gasteiger partial charge in [-0.25, -0.2) is 0 Å². The van der Waals surface area contributed by atoms with Crippen molar-refractivity contribution in [3.8, 4) is 0 Å². The highest BCUT2D eigenvalue weighted by Gasteiger charge is 2.67. The van der Waals surface area contributed by atoms with Crippen molar-refractivity contribution in [2.24, 2.45) is 50.7 Å². The molecule has 7 rings (SSSR count). The zero-order chi connectivity index (χ0) is 38.6. The number of ether oxygens (including phenoxy) is 4. The van der Waals surface area contributed by atoms with Crippen LogP contribution in [0, 0.1) is 50.7 Å². The summed E-state index contributed by atoms with van der Waals surface area (Å²) in [6.45, 7) is 15.1. The Hall–Kier alpha value is -1.19. The topological polar surface area (TPSA) is 196 Å². The molecule has 0 aromatic carbocycles. The Labute approximate surface area is 314 Å². The molecule has 7 aliphatic rings. The first-order chi connectivity index (χ1) is 24.7. The van der Waals surface area contributed by atoms with Gasteiger partial charge in [-0.05, 0) is 116 Å². The highest BCUT2D eigenvalue weighted by atomic mass is 16.7. The van der Waals surface area contributed by atoms with Crippen LogP contribution in [-0.2, 0) is 23.7 Å². The summed E-state index contributed by atoms with van der Waals surface area (Å²) < 4.78 is 24.0. The molecule has 0 radical (unpaired) electrons. The van der Waals surface area contributed by atoms with E-state index in [-0.39, 0.29) is 33.7 Å². The first kappa shape index (κ1) is 40.0. The lowest BCUT2D eigenvalue weighted by atomic mass is 9.37. The third kappa shape index (κ3) is 6.19. The summed E-state index contributed by atoms with van der Waals surface area (Å²) in [4.78, 5) is 14.4. The van der Waals surface area contributed by atoms with E-state index < -0.39 is 79.4 Å². The summed E-state index contributed by atoms with van der Waals surface area (Å²) in [6.07, 6.45) is -2.12. The molecule has 2 aliphatic heterocycles. The molecular formula is C41H66O12. The molecule has 0 spiro atoms. The van der Waals surface area contributed by atoms with E-state index in [2.05, 4.69) is 47.6 Å². The smallest absolute Gasteiger partial charge is 0.315 e. The van der Waals surface area contributed by atoms with Gasteiger partial charge in [-0.15, -0.1) is 0 Å². The van der Waals surface area contributed by atoms with Gasteiger partial charge in [0.2, 0.25) is 6.29 Å². The van der Waals surface area contributed by atoms with Crippen LogP contribution in [0.15, 0.2) is 11.6 Å². The summed E-state index contributed by atoms with van der Waals surface area (Å²) in [5.41, 5.74) is 0.388. The van der Waals surface area contributed by atoms with Crippen molar-refractivity contribution in [3.63, 3.8) is 0 Å². The second kappa shape index (κ2) is 13.7. The van der Waals surface area contributed by atoms with Gasteiger partial charge >= 0.3 is 5.97 Å². The summed E-state index contributed by atoms with van der Waals surface area (Å²) in [7, 11) is 0. The van der Waals surface area contributed by atoms with Crippen LogP contribution in [0.4, 0.5) is 0 Å². The molecule has 2 heterocycles. The molecule has 18 atom stereocenters. The van der Waals surface area contributed by atoms with Gasteiger partial charge in [0.15, 0.2) is 6.29 Å². The van der Waals surface area contributed by atoms with Crippen LogP contribution >= 0.6 is 0 Å². The molecule has 302 valence electrons. The second-order valence-electron chi connectivity index (χ2n) is 20.0. The van der Waals surface area contributed by atoms with E-state index in [0.717, 1.165) is 51.4 Å². The average molecular weight is 751 g/mol. The first-order valence-electron chi connectivity index (χ1n) is 20.3. The van der Waals surface area contributed by atoms with Crippen LogP contribution in [0.5, 0.6) is 0 Å². The molecule has 3 unspecified atom stereocenters. The van der Waals surface area contributed by atoms with Gasteiger partial charge < -0.3 is 54.7 Å². The lowest BCUT2D eigenvalue weighted by Crippen LogP contribution is -2.64. The van der Waals surface area contributed by atoms with E-state index in [9.17, 15) is 40.5 Å². The minimum Gasteiger partial charge on any atom is -0.432 e. The van der Waals surface area contributed by atoms with Crippen molar-refractivity contribution in [2.75, 3.05) is 6.61 Å². The van der Waals surface area contributed by atoms with E-state index in [1.165, 1.54) is 5.57 Å². The molecule has 2 saturated heterocycles. The predicted molar refractivity (Wildman–Crippen MR) is 192 cm³/mol. The SMILES string of the molecule is C[C@H]1O[C@@H](O[C@H]2CC[C@@]3(C)C(CC[C@]4(C)C3CC=C3C5CC(C)(C)CC[C@]5(C(=O)O[C@@H]5O[C@H](CO)[C@@H](O)[C@H](O)[C@H]5O)CC[C@H]34)C2(C)C)[C@H](O)[C@@H](O)[C@@H]1O. The van der Waals surface area contributed by atoms with Crippen LogP contribution in [0.1, 0.15) is 113 Å². The largest absolute Gasteiger partial charge is 0.432 e. The molecular weight excluding hydrogens is 684 g/mol. The summed E-state index contributed by atoms with van der Waals surface area (Å²) in [5, 5.41) is 72.7. The minimum absolute atomic E-state index is 0.0195. The molecule has 0 aromatic rings. The number of aliphatic hydroxyl groups is 7. The monoisotopic (exact) mass is 750 g/mol. The van der Waals surface area contributed by atoms with Crippen LogP contribution in [0.3, 0.4) is 0 Å². The Balaban J connectivity index is 1.13. The van der Waals surface area contributed by atoms with Crippen LogP contribution < -0.4 is 0 Å². The number of hydrogen-bond donors (Lipinski definition) is 7. The number of fused-ring (bicyclic) bond motifs is 7. The normalized spacial score (nSPS) is 53.2. The standard InChI is InChI=1S/C41H66O12/c1-20-28(43)30(45)32(47)34(50-20)52-27-12-14-40(7)25(38(27,4)5)11-13-39(6)22-10-15-41(17-16-37(2,3)18-23(41)21(22)8-9-26(39)40)36(49)53-35-33(48)31(46)29(44)24(19-42)51-35/h8,20,22-35,42-48H,9-19H2,1-7H3/t20-,22-,23?,24-,25?,26?,27+,28-,29-,30+,31+,32-,33-,34+,35+,39+,40+,41-/m1/s1. The fourth-order valence-corrected chi connectivity index (χ4v) is 13.2. The molecule has 5 aliphatic carbocycles. The maximum atomic E-state index is 14.4. The Morgan fingerprint density at radius 2 is 1.40 bits per heavy atom. The Morgan fingerprint density at radius 1 is 0.736 bits per heavy atom. The average Bonchev–Trinajstić information content (AvgIpc) is 3.10. The van der Waals surface area contributed by atoms with Gasteiger partial charge in [0.1, 0.15) is 42.7 Å². The van der Waals surface area contributed by atoms with Crippen molar-refractivity contribution < 1.29 is 59.5 Å². The zero-order valence-electron chi connectivity index (χ0n) is 32.7. The zero-order valence-corrected chi connectivity index (χ0v) is 32.7. The Bertz CT molecular complexity index is 1410. The molecule has 0 aromatic heterocycles. The van der Waals surface area contributed by atoms with Gasteiger partial charge in [-0.1, -0.05) is 53.2 Å². The van der Waals surface area contributed by atoms with E-state index in [0.29, 0.717) is 30.6 Å². The van der Waals surface area contributed by atoms with Crippen molar-refractivity contribution >= 4 is 5.97 Å². The third-order valence-electron chi connectivity index (χ3n) is 16.4. The quantitative estimate of drug-likeness (QED) is 0.124. The fraction of sp³-hybridized carbons (Fsp3) is 0.927. The maximum absolute atomic E-state index is 14.4. The molecule has 0 bridgehead atoms. The van der Waals surface area contributed by atoms with E-state index in [4.69, 9.17) is 18.9 Å². The highest BCUT2D eigenvalue weighted by molar-refractivity contribution is 5.79.